The Morgan fingerprint density at radius 1 is 1.09 bits per heavy atom. The molecule has 4 rings (SSSR count). The zero-order valence-electron chi connectivity index (χ0n) is 18.0. The first kappa shape index (κ1) is 21.9. The molecule has 1 aliphatic rings. The summed E-state index contributed by atoms with van der Waals surface area (Å²) in [5.74, 6) is 0.325. The Morgan fingerprint density at radius 2 is 1.78 bits per heavy atom. The number of halogens is 1. The maximum absolute atomic E-state index is 13.7. The molecule has 0 spiro atoms. The van der Waals surface area contributed by atoms with E-state index in [9.17, 15) is 14.0 Å². The molecule has 168 valence electrons. The number of para-hydroxylation sites is 1. The molecule has 2 N–H and O–H groups in total. The maximum atomic E-state index is 13.7. The number of nitrogens with two attached hydrogens (primary N) is 1. The number of benzene rings is 2. The Balaban J connectivity index is 1.48. The van der Waals surface area contributed by atoms with Crippen molar-refractivity contribution in [3.63, 3.8) is 0 Å². The molecule has 0 radical (unpaired) electrons. The Kier molecular flexibility index (Phi) is 6.48. The van der Waals surface area contributed by atoms with Crippen LogP contribution in [0.3, 0.4) is 0 Å². The molecule has 0 aliphatic carbocycles. The molecule has 9 heteroatoms. The van der Waals surface area contributed by atoms with Gasteiger partial charge in [-0.15, -0.1) is 0 Å². The summed E-state index contributed by atoms with van der Waals surface area (Å²) >= 11 is 0. The molecule has 1 aliphatic heterocycles. The standard InChI is InChI=1S/C23H26FN5O3/c1-32-20-7-6-17(24)12-16(20)13-27-8-10-28(11-9-27)15-22-26-19-5-3-2-4-18(19)23(31)29(22)14-21(25)30/h2-7,12H,8-11,13-15H2,1H3,(H2,25,30). The number of amides is 1. The molecule has 0 atom stereocenters. The van der Waals surface area contributed by atoms with Gasteiger partial charge < -0.3 is 10.5 Å². The zero-order chi connectivity index (χ0) is 22.7. The number of hydrogen-bond donors (Lipinski definition) is 1. The molecule has 1 aromatic heterocycles. The highest BCUT2D eigenvalue weighted by atomic mass is 19.1. The average Bonchev–Trinajstić information content (AvgIpc) is 2.78. The van der Waals surface area contributed by atoms with Gasteiger partial charge in [0.1, 0.15) is 23.9 Å². The highest BCUT2D eigenvalue weighted by Gasteiger charge is 2.21. The van der Waals surface area contributed by atoms with Gasteiger partial charge in [-0.2, -0.15) is 0 Å². The largest absolute Gasteiger partial charge is 0.496 e. The SMILES string of the molecule is COc1ccc(F)cc1CN1CCN(Cc2nc3ccccc3c(=O)n2CC(N)=O)CC1. The van der Waals surface area contributed by atoms with Gasteiger partial charge in [-0.25, -0.2) is 9.37 Å². The number of methoxy groups -OCH3 is 1. The summed E-state index contributed by atoms with van der Waals surface area (Å²) in [6.45, 7) is 3.86. The summed E-state index contributed by atoms with van der Waals surface area (Å²) in [6, 6.07) is 11.6. The van der Waals surface area contributed by atoms with Gasteiger partial charge in [0.25, 0.3) is 5.56 Å². The Labute approximate surface area is 185 Å². The average molecular weight is 439 g/mol. The fraction of sp³-hybridized carbons (Fsp3) is 0.348. The van der Waals surface area contributed by atoms with E-state index in [0.29, 0.717) is 35.6 Å². The van der Waals surface area contributed by atoms with Gasteiger partial charge >= 0.3 is 0 Å². The first-order chi connectivity index (χ1) is 15.4. The van der Waals surface area contributed by atoms with E-state index in [0.717, 1.165) is 31.7 Å². The molecule has 32 heavy (non-hydrogen) atoms. The third-order valence-electron chi connectivity index (χ3n) is 5.72. The topological polar surface area (TPSA) is 93.7 Å². The molecule has 8 nitrogen and oxygen atoms in total. The molecule has 2 aromatic carbocycles. The fourth-order valence-corrected chi connectivity index (χ4v) is 4.07. The van der Waals surface area contributed by atoms with Gasteiger partial charge in [0.05, 0.1) is 24.6 Å². The molecular weight excluding hydrogens is 413 g/mol. The third kappa shape index (κ3) is 4.79. The van der Waals surface area contributed by atoms with Crippen molar-refractivity contribution >= 4 is 16.8 Å². The van der Waals surface area contributed by atoms with Crippen molar-refractivity contribution in [2.45, 2.75) is 19.6 Å². The minimum atomic E-state index is -0.584. The number of rotatable bonds is 7. The second-order valence-corrected chi connectivity index (χ2v) is 7.91. The fourth-order valence-electron chi connectivity index (χ4n) is 4.07. The highest BCUT2D eigenvalue weighted by molar-refractivity contribution is 5.78. The molecule has 1 amide bonds. The van der Waals surface area contributed by atoms with E-state index in [4.69, 9.17) is 10.5 Å². The van der Waals surface area contributed by atoms with E-state index in [-0.39, 0.29) is 17.9 Å². The van der Waals surface area contributed by atoms with Gasteiger partial charge in [0, 0.05) is 38.3 Å². The van der Waals surface area contributed by atoms with Crippen LogP contribution >= 0.6 is 0 Å². The minimum Gasteiger partial charge on any atom is -0.496 e. The number of carbonyl (C=O) groups is 1. The van der Waals surface area contributed by atoms with Crippen molar-refractivity contribution in [1.82, 2.24) is 19.4 Å². The number of fused-ring (bicyclic) bond motifs is 1. The lowest BCUT2D eigenvalue weighted by Crippen LogP contribution is -2.46. The van der Waals surface area contributed by atoms with Crippen molar-refractivity contribution in [1.29, 1.82) is 0 Å². The van der Waals surface area contributed by atoms with Crippen molar-refractivity contribution in [3.8, 4) is 5.75 Å². The third-order valence-corrected chi connectivity index (χ3v) is 5.72. The summed E-state index contributed by atoms with van der Waals surface area (Å²) in [4.78, 5) is 33.6. The molecule has 0 bridgehead atoms. The van der Waals surface area contributed by atoms with Crippen LogP contribution in [0.15, 0.2) is 47.3 Å². The van der Waals surface area contributed by atoms with Crippen LogP contribution in [0.5, 0.6) is 5.75 Å². The lowest BCUT2D eigenvalue weighted by molar-refractivity contribution is -0.118. The van der Waals surface area contributed by atoms with Crippen LogP contribution in [-0.4, -0.2) is 58.5 Å². The number of nitrogens with zero attached hydrogens (tertiary/aromatic N) is 4. The van der Waals surface area contributed by atoms with Crippen LogP contribution in [0.2, 0.25) is 0 Å². The van der Waals surface area contributed by atoms with Gasteiger partial charge in [0.2, 0.25) is 5.91 Å². The monoisotopic (exact) mass is 439 g/mol. The second kappa shape index (κ2) is 9.46. The second-order valence-electron chi connectivity index (χ2n) is 7.91. The number of piperazine rings is 1. The van der Waals surface area contributed by atoms with E-state index in [1.165, 1.54) is 16.7 Å². The molecule has 3 aromatic rings. The van der Waals surface area contributed by atoms with E-state index in [1.807, 2.05) is 6.07 Å². The molecule has 0 saturated carbocycles. The molecule has 0 unspecified atom stereocenters. The van der Waals surface area contributed by atoms with E-state index < -0.39 is 5.91 Å². The molecule has 1 saturated heterocycles. The van der Waals surface area contributed by atoms with Gasteiger partial charge in [-0.1, -0.05) is 12.1 Å². The number of hydrogen-bond acceptors (Lipinski definition) is 6. The van der Waals surface area contributed by atoms with Gasteiger partial charge in [-0.05, 0) is 30.3 Å². The predicted molar refractivity (Wildman–Crippen MR) is 119 cm³/mol. The predicted octanol–water partition coefficient (Wildman–Crippen LogP) is 1.35. The summed E-state index contributed by atoms with van der Waals surface area (Å²) in [5, 5.41) is 0.464. The van der Waals surface area contributed by atoms with Crippen LogP contribution in [0.25, 0.3) is 10.9 Å². The minimum absolute atomic E-state index is 0.203. The van der Waals surface area contributed by atoms with E-state index in [2.05, 4.69) is 14.8 Å². The quantitative estimate of drug-likeness (QED) is 0.597. The van der Waals surface area contributed by atoms with Crippen LogP contribution in [0, 0.1) is 5.82 Å². The highest BCUT2D eigenvalue weighted by Crippen LogP contribution is 2.22. The summed E-state index contributed by atoms with van der Waals surface area (Å²) in [7, 11) is 1.58. The maximum Gasteiger partial charge on any atom is 0.261 e. The first-order valence-corrected chi connectivity index (χ1v) is 10.5. The van der Waals surface area contributed by atoms with Crippen LogP contribution < -0.4 is 16.0 Å². The summed E-state index contributed by atoms with van der Waals surface area (Å²) < 4.78 is 20.4. The number of ether oxygens (including phenoxy) is 1. The van der Waals surface area contributed by atoms with Crippen LogP contribution in [-0.2, 0) is 24.4 Å². The van der Waals surface area contributed by atoms with Gasteiger partial charge in [0.15, 0.2) is 0 Å². The molecule has 2 heterocycles. The van der Waals surface area contributed by atoms with Crippen molar-refractivity contribution < 1.29 is 13.9 Å². The van der Waals surface area contributed by atoms with Crippen LogP contribution in [0.4, 0.5) is 4.39 Å². The Bertz CT molecular complexity index is 1190. The number of aromatic nitrogens is 2. The Morgan fingerprint density at radius 3 is 2.47 bits per heavy atom. The van der Waals surface area contributed by atoms with Crippen molar-refractivity contribution in [2.24, 2.45) is 5.73 Å². The Hall–Kier alpha value is -3.30. The van der Waals surface area contributed by atoms with E-state index in [1.54, 1.807) is 31.4 Å². The summed E-state index contributed by atoms with van der Waals surface area (Å²) in [6.07, 6.45) is 0. The lowest BCUT2D eigenvalue weighted by atomic mass is 10.1. The molecular formula is C23H26FN5O3. The number of carbonyl (C=O) groups excluding carboxylic acids is 1. The lowest BCUT2D eigenvalue weighted by Gasteiger charge is -2.35. The zero-order valence-corrected chi connectivity index (χ0v) is 18.0. The van der Waals surface area contributed by atoms with Crippen LogP contribution in [0.1, 0.15) is 11.4 Å². The van der Waals surface area contributed by atoms with Crippen molar-refractivity contribution in [3.05, 3.63) is 70.0 Å². The first-order valence-electron chi connectivity index (χ1n) is 10.5. The van der Waals surface area contributed by atoms with E-state index >= 15 is 0 Å². The smallest absolute Gasteiger partial charge is 0.261 e. The molecule has 1 fully saturated rings. The normalized spacial score (nSPS) is 15.2. The number of primary amides is 1. The van der Waals surface area contributed by atoms with Gasteiger partial charge in [-0.3, -0.25) is 24.0 Å². The van der Waals surface area contributed by atoms with Crippen molar-refractivity contribution in [2.75, 3.05) is 33.3 Å². The summed E-state index contributed by atoms with van der Waals surface area (Å²) in [5.41, 5.74) is 6.53.